The Labute approximate surface area is 97.0 Å². The van der Waals surface area contributed by atoms with Crippen molar-refractivity contribution in [2.45, 2.75) is 0 Å². The Morgan fingerprint density at radius 3 is 2.29 bits per heavy atom. The van der Waals surface area contributed by atoms with Crippen molar-refractivity contribution in [2.75, 3.05) is 35.7 Å². The molecule has 0 saturated carbocycles. The largest absolute Gasteiger partial charge is 0.446 e. The minimum absolute atomic E-state index is 0.00445. The summed E-state index contributed by atoms with van der Waals surface area (Å²) in [6, 6.07) is 0. The van der Waals surface area contributed by atoms with Gasteiger partial charge >= 0.3 is 10.4 Å². The summed E-state index contributed by atoms with van der Waals surface area (Å²) in [7, 11) is -0.618. The second-order valence-corrected chi connectivity index (χ2v) is 4.47. The van der Waals surface area contributed by atoms with Gasteiger partial charge in [0.05, 0.1) is 0 Å². The first kappa shape index (κ1) is 11.6. The lowest BCUT2D eigenvalue weighted by Crippen LogP contribution is -2.43. The van der Waals surface area contributed by atoms with Gasteiger partial charge in [0.15, 0.2) is 5.82 Å². The van der Waals surface area contributed by atoms with Crippen LogP contribution in [0.25, 0.3) is 0 Å². The van der Waals surface area contributed by atoms with E-state index in [1.165, 1.54) is 0 Å². The van der Waals surface area contributed by atoms with Crippen LogP contribution in [0.4, 0.5) is 23.3 Å². The maximum absolute atomic E-state index is 10.7. The Kier molecular flexibility index (Phi) is 2.45. The van der Waals surface area contributed by atoms with Gasteiger partial charge in [0.25, 0.3) is 0 Å². The predicted molar refractivity (Wildman–Crippen MR) is 58.8 cm³/mol. The van der Waals surface area contributed by atoms with Crippen LogP contribution in [-0.4, -0.2) is 32.5 Å². The Morgan fingerprint density at radius 2 is 1.82 bits per heavy atom. The van der Waals surface area contributed by atoms with E-state index < -0.39 is 10.4 Å². The molecule has 1 fully saturated rings. The molecule has 0 amide bonds. The molecule has 11 heteroatoms. The number of hydrogen-bond donors (Lipinski definition) is 2. The van der Waals surface area contributed by atoms with Gasteiger partial charge in [-0.2, -0.15) is 18.4 Å². The van der Waals surface area contributed by atoms with E-state index in [1.54, 1.807) is 19.0 Å². The number of nitrogen functional groups attached to an aromatic ring is 2. The van der Waals surface area contributed by atoms with Crippen LogP contribution in [0.1, 0.15) is 0 Å². The number of nitrogens with two attached hydrogens (primary N) is 2. The Bertz CT molecular complexity index is 546. The highest BCUT2D eigenvalue weighted by molar-refractivity contribution is 7.82. The molecule has 94 valence electrons. The van der Waals surface area contributed by atoms with Crippen LogP contribution in [0.15, 0.2) is 0 Å². The van der Waals surface area contributed by atoms with E-state index in [0.717, 1.165) is 0 Å². The fourth-order valence-corrected chi connectivity index (χ4v) is 1.53. The first-order valence-electron chi connectivity index (χ1n) is 4.35. The number of nitrogens with zero attached hydrogens (tertiary/aromatic N) is 4. The molecule has 0 aliphatic carbocycles. The van der Waals surface area contributed by atoms with Crippen LogP contribution in [-0.2, 0) is 19.0 Å². The topological polar surface area (TPSA) is 137 Å². The van der Waals surface area contributed by atoms with Gasteiger partial charge in [-0.1, -0.05) is 13.8 Å². The molecule has 0 unspecified atom stereocenters. The predicted octanol–water partition coefficient (Wildman–Crippen LogP) is -1.36. The van der Waals surface area contributed by atoms with Gasteiger partial charge in [-0.15, -0.1) is 0 Å². The van der Waals surface area contributed by atoms with Crippen molar-refractivity contribution >= 4 is 33.7 Å². The number of aromatic nitrogens is 2. The van der Waals surface area contributed by atoms with Crippen LogP contribution < -0.4 is 21.6 Å². The van der Waals surface area contributed by atoms with Crippen LogP contribution in [0.3, 0.4) is 0 Å². The second-order valence-electron chi connectivity index (χ2n) is 3.35. The summed E-state index contributed by atoms with van der Waals surface area (Å²) >= 11 is 0. The minimum atomic E-state index is -3.99. The molecule has 10 nitrogen and oxygen atoms in total. The van der Waals surface area contributed by atoms with Gasteiger partial charge in [0.1, 0.15) is 5.69 Å². The Hall–Kier alpha value is -1.85. The molecule has 0 radical (unpaired) electrons. The van der Waals surface area contributed by atoms with Crippen molar-refractivity contribution in [3.63, 3.8) is 0 Å². The van der Waals surface area contributed by atoms with E-state index in [2.05, 4.69) is 18.5 Å². The quantitative estimate of drug-likeness (QED) is 0.656. The standard InChI is InChI=1S/C6H10N6O4S/c1-11(2)6-9-4(8)3(7)5(10-6)12-15-17(13,14)16-12/h7H2,1-2H3,(H2,8,9,10). The number of rotatable bonds is 2. The summed E-state index contributed by atoms with van der Waals surface area (Å²) < 4.78 is 30.0. The molecule has 0 bridgehead atoms. The summed E-state index contributed by atoms with van der Waals surface area (Å²) in [6.07, 6.45) is 0. The molecule has 1 aromatic rings. The minimum Gasteiger partial charge on any atom is -0.393 e. The van der Waals surface area contributed by atoms with E-state index in [-0.39, 0.29) is 23.3 Å². The molecule has 2 heterocycles. The third-order valence-corrected chi connectivity index (χ3v) is 2.47. The zero-order chi connectivity index (χ0) is 12.8. The highest BCUT2D eigenvalue weighted by Crippen LogP contribution is 2.33. The molecular formula is C6H10N6O4S. The second kappa shape index (κ2) is 3.58. The van der Waals surface area contributed by atoms with Crippen LogP contribution in [0.2, 0.25) is 0 Å². The van der Waals surface area contributed by atoms with Crippen molar-refractivity contribution < 1.29 is 17.0 Å². The fourth-order valence-electron chi connectivity index (χ4n) is 1.04. The summed E-state index contributed by atoms with van der Waals surface area (Å²) in [5.74, 6) is 0.162. The van der Waals surface area contributed by atoms with Gasteiger partial charge in [-0.05, 0) is 0 Å². The monoisotopic (exact) mass is 262 g/mol. The van der Waals surface area contributed by atoms with E-state index >= 15 is 0 Å². The summed E-state index contributed by atoms with van der Waals surface area (Å²) in [4.78, 5) is 9.39. The first-order valence-corrected chi connectivity index (χ1v) is 5.68. The lowest BCUT2D eigenvalue weighted by molar-refractivity contribution is -0.0204. The average molecular weight is 262 g/mol. The van der Waals surface area contributed by atoms with Gasteiger partial charge in [-0.3, -0.25) is 0 Å². The molecule has 1 aromatic heterocycles. The number of hydrogen-bond acceptors (Lipinski definition) is 10. The lowest BCUT2D eigenvalue weighted by Gasteiger charge is -2.27. The smallest absolute Gasteiger partial charge is 0.393 e. The summed E-state index contributed by atoms with van der Waals surface area (Å²) in [5, 5.41) is 0.551. The molecule has 0 aromatic carbocycles. The first-order chi connectivity index (χ1) is 7.80. The molecule has 1 saturated heterocycles. The summed E-state index contributed by atoms with van der Waals surface area (Å²) in [5.41, 5.74) is 11.1. The van der Waals surface area contributed by atoms with Crippen molar-refractivity contribution in [1.82, 2.24) is 9.97 Å². The third-order valence-electron chi connectivity index (χ3n) is 1.83. The van der Waals surface area contributed by atoms with Crippen molar-refractivity contribution in [3.8, 4) is 0 Å². The SMILES string of the molecule is CN(C)c1nc(N)c(N)c(N2OS(=O)(=O)O2)n1. The molecule has 2 rings (SSSR count). The Morgan fingerprint density at radius 1 is 1.24 bits per heavy atom. The van der Waals surface area contributed by atoms with Crippen LogP contribution >= 0.6 is 0 Å². The lowest BCUT2D eigenvalue weighted by atomic mass is 10.4. The zero-order valence-corrected chi connectivity index (χ0v) is 9.80. The molecule has 4 N–H and O–H groups in total. The van der Waals surface area contributed by atoms with Crippen molar-refractivity contribution in [1.29, 1.82) is 0 Å². The molecule has 1 aliphatic heterocycles. The molecule has 0 atom stereocenters. The van der Waals surface area contributed by atoms with E-state index in [0.29, 0.717) is 5.23 Å². The molecule has 17 heavy (non-hydrogen) atoms. The highest BCUT2D eigenvalue weighted by atomic mass is 32.3. The summed E-state index contributed by atoms with van der Waals surface area (Å²) in [6.45, 7) is 0. The van der Waals surface area contributed by atoms with Gasteiger partial charge in [-0.25, -0.2) is 0 Å². The van der Waals surface area contributed by atoms with Gasteiger partial charge in [0.2, 0.25) is 11.8 Å². The van der Waals surface area contributed by atoms with Gasteiger partial charge < -0.3 is 16.4 Å². The van der Waals surface area contributed by atoms with Crippen molar-refractivity contribution in [3.05, 3.63) is 0 Å². The molecule has 1 aliphatic rings. The average Bonchev–Trinajstić information content (AvgIpc) is 2.18. The van der Waals surface area contributed by atoms with Gasteiger partial charge in [0, 0.05) is 14.1 Å². The van der Waals surface area contributed by atoms with E-state index in [9.17, 15) is 8.42 Å². The van der Waals surface area contributed by atoms with Crippen molar-refractivity contribution in [2.24, 2.45) is 0 Å². The van der Waals surface area contributed by atoms with E-state index in [4.69, 9.17) is 11.5 Å². The third kappa shape index (κ3) is 2.02. The zero-order valence-electron chi connectivity index (χ0n) is 8.98. The van der Waals surface area contributed by atoms with Crippen LogP contribution in [0, 0.1) is 0 Å². The Balaban J connectivity index is 2.40. The maximum Gasteiger partial charge on any atom is 0.446 e. The highest BCUT2D eigenvalue weighted by Gasteiger charge is 2.39. The van der Waals surface area contributed by atoms with E-state index in [1.807, 2.05) is 0 Å². The fraction of sp³-hybridized carbons (Fsp3) is 0.333. The molecule has 0 spiro atoms. The normalized spacial score (nSPS) is 17.6. The number of anilines is 4. The van der Waals surface area contributed by atoms with Crippen LogP contribution in [0.5, 0.6) is 0 Å². The molecular weight excluding hydrogens is 252 g/mol. The maximum atomic E-state index is 10.7.